The number of thioether (sulfide) groups is 1. The van der Waals surface area contributed by atoms with Gasteiger partial charge in [0.25, 0.3) is 5.69 Å². The minimum Gasteiger partial charge on any atom is -0.352 e. The van der Waals surface area contributed by atoms with Crippen molar-refractivity contribution in [1.82, 2.24) is 10.2 Å². The predicted molar refractivity (Wildman–Crippen MR) is 136 cm³/mol. The number of halogens is 1. The topological polar surface area (TPSA) is 92.6 Å². The lowest BCUT2D eigenvalue weighted by Crippen LogP contribution is -2.50. The van der Waals surface area contributed by atoms with Crippen molar-refractivity contribution < 1.29 is 14.5 Å². The first kappa shape index (κ1) is 26.0. The Labute approximate surface area is 209 Å². The number of nitro benzene ring substituents is 1. The number of amides is 2. The molecule has 3 rings (SSSR count). The molecule has 0 unspecified atom stereocenters. The quantitative estimate of drug-likeness (QED) is 0.348. The molecule has 7 nitrogen and oxygen atoms in total. The summed E-state index contributed by atoms with van der Waals surface area (Å²) in [6, 6.07) is 13.2. The molecule has 0 aromatic heterocycles. The lowest BCUT2D eigenvalue weighted by atomic mass is 9.95. The van der Waals surface area contributed by atoms with E-state index in [-0.39, 0.29) is 35.8 Å². The van der Waals surface area contributed by atoms with E-state index < -0.39 is 11.0 Å². The van der Waals surface area contributed by atoms with Crippen molar-refractivity contribution in [3.05, 3.63) is 74.8 Å². The summed E-state index contributed by atoms with van der Waals surface area (Å²) in [7, 11) is 0. The van der Waals surface area contributed by atoms with E-state index in [9.17, 15) is 19.7 Å². The van der Waals surface area contributed by atoms with E-state index in [2.05, 4.69) is 5.32 Å². The fraction of sp³-hybridized carbons (Fsp3) is 0.440. The Morgan fingerprint density at radius 3 is 2.50 bits per heavy atom. The Bertz CT molecular complexity index is 996. The molecule has 0 saturated heterocycles. The lowest BCUT2D eigenvalue weighted by Gasteiger charge is -2.31. The molecule has 1 aliphatic rings. The van der Waals surface area contributed by atoms with Crippen LogP contribution in [0.3, 0.4) is 0 Å². The van der Waals surface area contributed by atoms with Crippen LogP contribution in [0.4, 0.5) is 5.69 Å². The standard InChI is InChI=1S/C25H30ClN3O4S/c1-18(25(31)27-22-8-3-2-4-9-22)28(15-20-6-5-7-21(26)14-20)24(30)17-34-16-19-10-12-23(13-11-19)29(32)33/h5-7,10-14,18,22H,2-4,8-9,15-17H2,1H3,(H,27,31)/t18-/m1/s1. The van der Waals surface area contributed by atoms with Gasteiger partial charge in [0.1, 0.15) is 6.04 Å². The second-order valence-corrected chi connectivity index (χ2v) is 10.0. The van der Waals surface area contributed by atoms with E-state index in [1.165, 1.54) is 30.3 Å². The number of nitrogens with one attached hydrogen (secondary N) is 1. The Hall–Kier alpha value is -2.58. The number of rotatable bonds is 10. The molecule has 1 fully saturated rings. The van der Waals surface area contributed by atoms with E-state index in [1.807, 2.05) is 12.1 Å². The van der Waals surface area contributed by atoms with E-state index in [0.717, 1.165) is 36.8 Å². The average molecular weight is 504 g/mol. The van der Waals surface area contributed by atoms with Crippen LogP contribution in [0, 0.1) is 10.1 Å². The van der Waals surface area contributed by atoms with Crippen LogP contribution >= 0.6 is 23.4 Å². The molecule has 1 atom stereocenters. The second kappa shape index (κ2) is 12.8. The van der Waals surface area contributed by atoms with Crippen LogP contribution in [0.2, 0.25) is 5.02 Å². The molecule has 1 aliphatic carbocycles. The van der Waals surface area contributed by atoms with Crippen molar-refractivity contribution in [2.75, 3.05) is 5.75 Å². The number of non-ortho nitro benzene ring substituents is 1. The zero-order valence-corrected chi connectivity index (χ0v) is 20.8. The van der Waals surface area contributed by atoms with E-state index in [4.69, 9.17) is 11.6 Å². The first-order chi connectivity index (χ1) is 16.3. The summed E-state index contributed by atoms with van der Waals surface area (Å²) in [4.78, 5) is 38.2. The van der Waals surface area contributed by atoms with Gasteiger partial charge >= 0.3 is 0 Å². The fourth-order valence-corrected chi connectivity index (χ4v) is 5.12. The number of nitro groups is 1. The molecular formula is C25H30ClN3O4S. The normalized spacial score (nSPS) is 14.9. The monoisotopic (exact) mass is 503 g/mol. The van der Waals surface area contributed by atoms with Crippen LogP contribution < -0.4 is 5.32 Å². The van der Waals surface area contributed by atoms with E-state index >= 15 is 0 Å². The molecule has 2 amide bonds. The molecular weight excluding hydrogens is 474 g/mol. The number of nitrogens with zero attached hydrogens (tertiary/aromatic N) is 2. The number of carbonyl (C=O) groups excluding carboxylic acids is 2. The van der Waals surface area contributed by atoms with Crippen LogP contribution in [-0.2, 0) is 21.9 Å². The summed E-state index contributed by atoms with van der Waals surface area (Å²) in [6.45, 7) is 2.05. The molecule has 2 aromatic rings. The Kier molecular flexibility index (Phi) is 9.77. The minimum atomic E-state index is -0.617. The van der Waals surface area contributed by atoms with E-state index in [1.54, 1.807) is 36.1 Å². The number of hydrogen-bond acceptors (Lipinski definition) is 5. The average Bonchev–Trinajstić information content (AvgIpc) is 2.83. The second-order valence-electron chi connectivity index (χ2n) is 8.59. The molecule has 2 aromatic carbocycles. The molecule has 0 heterocycles. The third kappa shape index (κ3) is 7.74. The largest absolute Gasteiger partial charge is 0.352 e. The first-order valence-electron chi connectivity index (χ1n) is 11.5. The highest BCUT2D eigenvalue weighted by molar-refractivity contribution is 7.99. The summed E-state index contributed by atoms with van der Waals surface area (Å²) in [5.41, 5.74) is 1.79. The third-order valence-electron chi connectivity index (χ3n) is 6.00. The van der Waals surface area contributed by atoms with Crippen molar-refractivity contribution >= 4 is 40.9 Å². The summed E-state index contributed by atoms with van der Waals surface area (Å²) < 4.78 is 0. The highest BCUT2D eigenvalue weighted by Gasteiger charge is 2.28. The van der Waals surface area contributed by atoms with Crippen molar-refractivity contribution in [2.45, 2.75) is 63.4 Å². The van der Waals surface area contributed by atoms with Crippen molar-refractivity contribution in [2.24, 2.45) is 0 Å². The third-order valence-corrected chi connectivity index (χ3v) is 7.23. The maximum Gasteiger partial charge on any atom is 0.269 e. The number of hydrogen-bond donors (Lipinski definition) is 1. The number of benzene rings is 2. The molecule has 9 heteroatoms. The van der Waals surface area contributed by atoms with Crippen LogP contribution in [0.1, 0.15) is 50.2 Å². The van der Waals surface area contributed by atoms with Crippen LogP contribution in [0.25, 0.3) is 0 Å². The summed E-state index contributed by atoms with van der Waals surface area (Å²) in [5, 5.41) is 14.5. The van der Waals surface area contributed by atoms with Gasteiger partial charge in [-0.05, 0) is 43.0 Å². The van der Waals surface area contributed by atoms with Gasteiger partial charge in [0, 0.05) is 35.5 Å². The van der Waals surface area contributed by atoms with Crippen molar-refractivity contribution in [3.63, 3.8) is 0 Å². The fourth-order valence-electron chi connectivity index (χ4n) is 4.04. The molecule has 0 spiro atoms. The van der Waals surface area contributed by atoms with Crippen molar-refractivity contribution in [1.29, 1.82) is 0 Å². The van der Waals surface area contributed by atoms with Gasteiger partial charge in [-0.25, -0.2) is 0 Å². The lowest BCUT2D eigenvalue weighted by molar-refractivity contribution is -0.384. The summed E-state index contributed by atoms with van der Waals surface area (Å²) in [6.07, 6.45) is 5.39. The molecule has 182 valence electrons. The van der Waals surface area contributed by atoms with Gasteiger partial charge in [0.2, 0.25) is 11.8 Å². The molecule has 34 heavy (non-hydrogen) atoms. The van der Waals surface area contributed by atoms with Gasteiger partial charge in [-0.3, -0.25) is 19.7 Å². The Balaban J connectivity index is 1.64. The summed E-state index contributed by atoms with van der Waals surface area (Å²) >= 11 is 7.55. The summed E-state index contributed by atoms with van der Waals surface area (Å²) in [5.74, 6) is 0.455. The molecule has 0 radical (unpaired) electrons. The first-order valence-corrected chi connectivity index (χ1v) is 13.0. The van der Waals surface area contributed by atoms with Crippen LogP contribution in [0.15, 0.2) is 48.5 Å². The van der Waals surface area contributed by atoms with Crippen LogP contribution in [-0.4, -0.2) is 39.5 Å². The predicted octanol–water partition coefficient (Wildman–Crippen LogP) is 5.35. The zero-order chi connectivity index (χ0) is 24.5. The van der Waals surface area contributed by atoms with Gasteiger partial charge in [-0.1, -0.05) is 55.1 Å². The van der Waals surface area contributed by atoms with Gasteiger partial charge in [-0.2, -0.15) is 0 Å². The Morgan fingerprint density at radius 1 is 1.15 bits per heavy atom. The van der Waals surface area contributed by atoms with Gasteiger partial charge in [0.15, 0.2) is 0 Å². The van der Waals surface area contributed by atoms with Gasteiger partial charge < -0.3 is 10.2 Å². The van der Waals surface area contributed by atoms with E-state index in [0.29, 0.717) is 10.8 Å². The maximum absolute atomic E-state index is 13.2. The minimum absolute atomic E-state index is 0.0373. The van der Waals surface area contributed by atoms with Gasteiger partial charge in [-0.15, -0.1) is 11.8 Å². The molecule has 0 aliphatic heterocycles. The number of carbonyl (C=O) groups is 2. The molecule has 1 saturated carbocycles. The maximum atomic E-state index is 13.2. The molecule has 0 bridgehead atoms. The smallest absolute Gasteiger partial charge is 0.269 e. The van der Waals surface area contributed by atoms with Gasteiger partial charge in [0.05, 0.1) is 10.7 Å². The van der Waals surface area contributed by atoms with Crippen molar-refractivity contribution in [3.8, 4) is 0 Å². The highest BCUT2D eigenvalue weighted by atomic mass is 35.5. The van der Waals surface area contributed by atoms with Crippen LogP contribution in [0.5, 0.6) is 0 Å². The zero-order valence-electron chi connectivity index (χ0n) is 19.2. The Morgan fingerprint density at radius 2 is 1.85 bits per heavy atom. The SMILES string of the molecule is C[C@H](C(=O)NC1CCCCC1)N(Cc1cccc(Cl)c1)C(=O)CSCc1ccc([N+](=O)[O-])cc1. The highest BCUT2D eigenvalue weighted by Crippen LogP contribution is 2.21. The molecule has 1 N–H and O–H groups in total.